The molecule has 1 heterocycles. The molecule has 7 nitrogen and oxygen atoms in total. The zero-order valence-electron chi connectivity index (χ0n) is 16.5. The van der Waals surface area contributed by atoms with Crippen LogP contribution in [0.5, 0.6) is 5.75 Å². The van der Waals surface area contributed by atoms with E-state index in [4.69, 9.17) is 4.74 Å². The predicted molar refractivity (Wildman–Crippen MR) is 111 cm³/mol. The number of aryl methyl sites for hydroxylation is 2. The van der Waals surface area contributed by atoms with E-state index >= 15 is 0 Å². The summed E-state index contributed by atoms with van der Waals surface area (Å²) in [5, 5.41) is 14.5. The van der Waals surface area contributed by atoms with Gasteiger partial charge in [-0.25, -0.2) is 4.68 Å². The molecular weight excluding hydrogens is 366 g/mol. The maximum absolute atomic E-state index is 12.4. The highest BCUT2D eigenvalue weighted by Gasteiger charge is 2.16. The number of hydrogen-bond donors (Lipinski definition) is 1. The molecule has 2 aromatic carbocycles. The molecule has 1 aliphatic rings. The number of tetrazole rings is 1. The fourth-order valence-electron chi connectivity index (χ4n) is 3.66. The quantitative estimate of drug-likeness (QED) is 0.663. The number of ether oxygens (including phenoxy) is 1. The monoisotopic (exact) mass is 391 g/mol. The van der Waals surface area contributed by atoms with Crippen molar-refractivity contribution in [3.05, 3.63) is 54.1 Å². The maximum atomic E-state index is 12.4. The molecule has 4 rings (SSSR count). The fourth-order valence-corrected chi connectivity index (χ4v) is 3.66. The average Bonchev–Trinajstić information content (AvgIpc) is 3.38. The minimum Gasteiger partial charge on any atom is -0.490 e. The summed E-state index contributed by atoms with van der Waals surface area (Å²) in [7, 11) is 1.78. The zero-order chi connectivity index (χ0) is 20.1. The number of anilines is 1. The first-order chi connectivity index (χ1) is 14.2. The van der Waals surface area contributed by atoms with Crippen molar-refractivity contribution < 1.29 is 9.53 Å². The third kappa shape index (κ3) is 4.99. The Morgan fingerprint density at radius 2 is 2.00 bits per heavy atom. The standard InChI is InChI=1S/C22H25N5O2/c1-27-22(24-25-26-27)17-7-5-8-18(15-17)23-21(28)13-12-16-6-4-11-20(14-16)29-19-9-2-3-10-19/h4-8,11,14-15,19H,2-3,9-10,12-13H2,1H3,(H,23,28). The van der Waals surface area contributed by atoms with Gasteiger partial charge in [0.2, 0.25) is 5.91 Å². The first kappa shape index (κ1) is 19.1. The van der Waals surface area contributed by atoms with Crippen LogP contribution in [0.4, 0.5) is 5.69 Å². The van der Waals surface area contributed by atoms with E-state index in [1.54, 1.807) is 11.7 Å². The summed E-state index contributed by atoms with van der Waals surface area (Å²) < 4.78 is 7.66. The van der Waals surface area contributed by atoms with Gasteiger partial charge in [0, 0.05) is 24.7 Å². The van der Waals surface area contributed by atoms with Crippen molar-refractivity contribution in [1.82, 2.24) is 20.2 Å². The van der Waals surface area contributed by atoms with Crippen LogP contribution in [-0.2, 0) is 18.3 Å². The molecule has 1 amide bonds. The van der Waals surface area contributed by atoms with Gasteiger partial charge < -0.3 is 10.1 Å². The SMILES string of the molecule is Cn1nnnc1-c1cccc(NC(=O)CCc2cccc(OC3CCCC3)c2)c1. The van der Waals surface area contributed by atoms with Gasteiger partial charge >= 0.3 is 0 Å². The largest absolute Gasteiger partial charge is 0.490 e. The molecule has 0 aliphatic heterocycles. The van der Waals surface area contributed by atoms with Crippen molar-refractivity contribution in [2.45, 2.75) is 44.6 Å². The van der Waals surface area contributed by atoms with Crippen molar-refractivity contribution in [2.24, 2.45) is 7.05 Å². The summed E-state index contributed by atoms with van der Waals surface area (Å²) in [6.07, 6.45) is 6.18. The minimum atomic E-state index is -0.0274. The number of aromatic nitrogens is 4. The maximum Gasteiger partial charge on any atom is 0.224 e. The first-order valence-corrected chi connectivity index (χ1v) is 10.1. The van der Waals surface area contributed by atoms with Crippen LogP contribution < -0.4 is 10.1 Å². The summed E-state index contributed by atoms with van der Waals surface area (Å²) in [6.45, 7) is 0. The number of nitrogens with one attached hydrogen (secondary N) is 1. The van der Waals surface area contributed by atoms with Gasteiger partial charge in [0.25, 0.3) is 0 Å². The molecule has 1 saturated carbocycles. The Kier molecular flexibility index (Phi) is 5.84. The number of carbonyl (C=O) groups is 1. The highest BCUT2D eigenvalue weighted by atomic mass is 16.5. The van der Waals surface area contributed by atoms with Gasteiger partial charge in [-0.3, -0.25) is 4.79 Å². The number of rotatable bonds is 7. The van der Waals surface area contributed by atoms with Crippen molar-refractivity contribution in [3.63, 3.8) is 0 Å². The lowest BCUT2D eigenvalue weighted by molar-refractivity contribution is -0.116. The molecule has 7 heteroatoms. The zero-order valence-corrected chi connectivity index (χ0v) is 16.5. The van der Waals surface area contributed by atoms with E-state index in [2.05, 4.69) is 20.8 Å². The van der Waals surface area contributed by atoms with Crippen molar-refractivity contribution >= 4 is 11.6 Å². The van der Waals surface area contributed by atoms with Gasteiger partial charge in [0.1, 0.15) is 5.75 Å². The first-order valence-electron chi connectivity index (χ1n) is 10.1. The van der Waals surface area contributed by atoms with Crippen molar-refractivity contribution in [2.75, 3.05) is 5.32 Å². The molecule has 0 spiro atoms. The van der Waals surface area contributed by atoms with Crippen LogP contribution in [0.1, 0.15) is 37.7 Å². The highest BCUT2D eigenvalue weighted by Crippen LogP contribution is 2.25. The predicted octanol–water partition coefficient (Wildman–Crippen LogP) is 3.77. The summed E-state index contributed by atoms with van der Waals surface area (Å²) in [5.74, 6) is 1.53. The molecule has 0 bridgehead atoms. The number of benzene rings is 2. The highest BCUT2D eigenvalue weighted by molar-refractivity contribution is 5.91. The number of hydrogen-bond acceptors (Lipinski definition) is 5. The Labute approximate surface area is 170 Å². The fraction of sp³-hybridized carbons (Fsp3) is 0.364. The van der Waals surface area contributed by atoms with Gasteiger partial charge in [0.15, 0.2) is 5.82 Å². The summed E-state index contributed by atoms with van der Waals surface area (Å²) in [6, 6.07) is 15.6. The third-order valence-electron chi connectivity index (χ3n) is 5.17. The molecule has 150 valence electrons. The molecular formula is C22H25N5O2. The number of carbonyl (C=O) groups excluding carboxylic acids is 1. The lowest BCUT2D eigenvalue weighted by Gasteiger charge is -2.14. The topological polar surface area (TPSA) is 81.9 Å². The van der Waals surface area contributed by atoms with E-state index in [0.29, 0.717) is 24.8 Å². The summed E-state index contributed by atoms with van der Waals surface area (Å²) >= 11 is 0. The second-order valence-corrected chi connectivity index (χ2v) is 7.43. The third-order valence-corrected chi connectivity index (χ3v) is 5.17. The molecule has 3 aromatic rings. The molecule has 1 fully saturated rings. The second kappa shape index (κ2) is 8.86. The van der Waals surface area contributed by atoms with Crippen LogP contribution in [0.3, 0.4) is 0 Å². The van der Waals surface area contributed by atoms with E-state index in [1.165, 1.54) is 12.8 Å². The molecule has 1 aromatic heterocycles. The van der Waals surface area contributed by atoms with E-state index in [0.717, 1.165) is 35.4 Å². The number of nitrogens with zero attached hydrogens (tertiary/aromatic N) is 4. The van der Waals surface area contributed by atoms with Crippen molar-refractivity contribution in [3.8, 4) is 17.1 Å². The molecule has 1 N–H and O–H groups in total. The van der Waals surface area contributed by atoms with E-state index < -0.39 is 0 Å². The molecule has 0 atom stereocenters. The Balaban J connectivity index is 1.33. The van der Waals surface area contributed by atoms with E-state index in [9.17, 15) is 4.79 Å². The van der Waals surface area contributed by atoms with Crippen LogP contribution in [0.2, 0.25) is 0 Å². The average molecular weight is 391 g/mol. The second-order valence-electron chi connectivity index (χ2n) is 7.43. The lowest BCUT2D eigenvalue weighted by Crippen LogP contribution is -2.13. The molecule has 1 aliphatic carbocycles. The van der Waals surface area contributed by atoms with Gasteiger partial charge in [-0.05, 0) is 72.4 Å². The number of amides is 1. The Bertz CT molecular complexity index is 979. The van der Waals surface area contributed by atoms with Gasteiger partial charge in [-0.1, -0.05) is 24.3 Å². The minimum absolute atomic E-state index is 0.0274. The van der Waals surface area contributed by atoms with Crippen LogP contribution in [0.25, 0.3) is 11.4 Å². The Morgan fingerprint density at radius 3 is 2.79 bits per heavy atom. The smallest absolute Gasteiger partial charge is 0.224 e. The van der Waals surface area contributed by atoms with Crippen LogP contribution in [0.15, 0.2) is 48.5 Å². The lowest BCUT2D eigenvalue weighted by atomic mass is 10.1. The molecule has 0 saturated heterocycles. The summed E-state index contributed by atoms with van der Waals surface area (Å²) in [5.41, 5.74) is 2.69. The molecule has 29 heavy (non-hydrogen) atoms. The van der Waals surface area contributed by atoms with Gasteiger partial charge in [-0.2, -0.15) is 0 Å². The van der Waals surface area contributed by atoms with Gasteiger partial charge in [-0.15, -0.1) is 5.10 Å². The van der Waals surface area contributed by atoms with Crippen LogP contribution in [0, 0.1) is 0 Å². The van der Waals surface area contributed by atoms with Crippen molar-refractivity contribution in [1.29, 1.82) is 0 Å². The van der Waals surface area contributed by atoms with Gasteiger partial charge in [0.05, 0.1) is 6.10 Å². The molecule has 0 unspecified atom stereocenters. The Morgan fingerprint density at radius 1 is 1.17 bits per heavy atom. The van der Waals surface area contributed by atoms with E-state index in [1.807, 2.05) is 48.5 Å². The summed E-state index contributed by atoms with van der Waals surface area (Å²) in [4.78, 5) is 12.4. The normalized spacial score (nSPS) is 14.1. The molecule has 0 radical (unpaired) electrons. The Hall–Kier alpha value is -3.22. The van der Waals surface area contributed by atoms with Crippen LogP contribution >= 0.6 is 0 Å². The van der Waals surface area contributed by atoms with Crippen LogP contribution in [-0.4, -0.2) is 32.2 Å². The van der Waals surface area contributed by atoms with E-state index in [-0.39, 0.29) is 5.91 Å².